The summed E-state index contributed by atoms with van der Waals surface area (Å²) in [5, 5.41) is 17.4. The molecular weight excluding hydrogens is 312 g/mol. The van der Waals surface area contributed by atoms with Crippen LogP contribution in [-0.2, 0) is 9.53 Å². The first-order chi connectivity index (χ1) is 11.7. The van der Waals surface area contributed by atoms with E-state index in [0.29, 0.717) is 37.9 Å². The maximum Gasteiger partial charge on any atom is 0.240 e. The number of hydrogen-bond donors (Lipinski definition) is 2. The fourth-order valence-corrected chi connectivity index (χ4v) is 2.46. The second-order valence-corrected chi connectivity index (χ2v) is 5.60. The number of anilines is 2. The van der Waals surface area contributed by atoms with Crippen molar-refractivity contribution in [1.82, 2.24) is 20.3 Å². The van der Waals surface area contributed by atoms with Crippen molar-refractivity contribution in [1.29, 1.82) is 0 Å². The van der Waals surface area contributed by atoms with Gasteiger partial charge in [0.15, 0.2) is 0 Å². The van der Waals surface area contributed by atoms with Gasteiger partial charge in [-0.3, -0.25) is 15.0 Å². The fraction of sp³-hybridized carbons (Fsp3) is 0.467. The van der Waals surface area contributed by atoms with E-state index in [1.165, 1.54) is 0 Å². The molecule has 24 heavy (non-hydrogen) atoms. The van der Waals surface area contributed by atoms with Gasteiger partial charge in [0.1, 0.15) is 5.82 Å². The van der Waals surface area contributed by atoms with Crippen LogP contribution >= 0.6 is 0 Å². The number of carbonyl (C=O) groups is 1. The SMILES string of the molecule is Cc1cc(NC(=O)CN2CCO[C@@H](CNc3cccnn3)C2)on1. The van der Waals surface area contributed by atoms with E-state index in [1.54, 1.807) is 19.2 Å². The number of nitrogens with zero attached hydrogens (tertiary/aromatic N) is 4. The normalized spacial score (nSPS) is 18.3. The van der Waals surface area contributed by atoms with Crippen LogP contribution in [0.15, 0.2) is 28.9 Å². The number of aromatic nitrogens is 3. The molecule has 0 bridgehead atoms. The summed E-state index contributed by atoms with van der Waals surface area (Å²) in [4.78, 5) is 14.1. The molecule has 0 aromatic carbocycles. The molecule has 1 saturated heterocycles. The number of hydrogen-bond acceptors (Lipinski definition) is 8. The Kier molecular flexibility index (Phi) is 5.34. The summed E-state index contributed by atoms with van der Waals surface area (Å²) in [5.41, 5.74) is 0.729. The second-order valence-electron chi connectivity index (χ2n) is 5.60. The van der Waals surface area contributed by atoms with E-state index in [9.17, 15) is 4.79 Å². The lowest BCUT2D eigenvalue weighted by Gasteiger charge is -2.32. The molecule has 3 rings (SSSR count). The third kappa shape index (κ3) is 4.74. The lowest BCUT2D eigenvalue weighted by molar-refractivity contribution is -0.119. The van der Waals surface area contributed by atoms with Crippen molar-refractivity contribution in [3.05, 3.63) is 30.1 Å². The van der Waals surface area contributed by atoms with Crippen LogP contribution in [0.5, 0.6) is 0 Å². The van der Waals surface area contributed by atoms with Crippen LogP contribution in [0.3, 0.4) is 0 Å². The average Bonchev–Trinajstić information content (AvgIpc) is 2.99. The molecular formula is C15H20N6O3. The highest BCUT2D eigenvalue weighted by molar-refractivity contribution is 5.90. The maximum absolute atomic E-state index is 12.1. The first-order valence-electron chi connectivity index (χ1n) is 7.78. The Morgan fingerprint density at radius 2 is 2.42 bits per heavy atom. The minimum atomic E-state index is -0.131. The number of carbonyl (C=O) groups excluding carboxylic acids is 1. The van der Waals surface area contributed by atoms with Crippen LogP contribution in [-0.4, -0.2) is 65.1 Å². The molecule has 2 aromatic rings. The van der Waals surface area contributed by atoms with Gasteiger partial charge in [0.2, 0.25) is 11.8 Å². The van der Waals surface area contributed by atoms with Gasteiger partial charge >= 0.3 is 0 Å². The molecule has 1 fully saturated rings. The van der Waals surface area contributed by atoms with Gasteiger partial charge in [-0.15, -0.1) is 5.10 Å². The largest absolute Gasteiger partial charge is 0.374 e. The summed E-state index contributed by atoms with van der Waals surface area (Å²) < 4.78 is 10.7. The number of amides is 1. The molecule has 9 nitrogen and oxygen atoms in total. The lowest BCUT2D eigenvalue weighted by atomic mass is 10.2. The standard InChI is InChI=1S/C15H20N6O3/c1-11-7-15(24-20-11)18-14(22)10-21-5-6-23-12(9-21)8-16-13-3-2-4-17-19-13/h2-4,7,12H,5-6,8-10H2,1H3,(H,16,19)(H,18,22)/t12-/m0/s1. The van der Waals surface area contributed by atoms with Crippen LogP contribution in [0.2, 0.25) is 0 Å². The van der Waals surface area contributed by atoms with Crippen LogP contribution in [0.1, 0.15) is 5.69 Å². The van der Waals surface area contributed by atoms with Gasteiger partial charge in [0.05, 0.1) is 24.9 Å². The zero-order chi connectivity index (χ0) is 16.8. The molecule has 128 valence electrons. The summed E-state index contributed by atoms with van der Waals surface area (Å²) >= 11 is 0. The minimum Gasteiger partial charge on any atom is -0.374 e. The van der Waals surface area contributed by atoms with Crippen molar-refractivity contribution in [3.8, 4) is 0 Å². The molecule has 2 N–H and O–H groups in total. The van der Waals surface area contributed by atoms with Crippen LogP contribution in [0.4, 0.5) is 11.7 Å². The third-order valence-electron chi connectivity index (χ3n) is 3.56. The molecule has 1 aliphatic rings. The smallest absolute Gasteiger partial charge is 0.240 e. The van der Waals surface area contributed by atoms with E-state index in [2.05, 4.69) is 26.0 Å². The van der Waals surface area contributed by atoms with E-state index >= 15 is 0 Å². The van der Waals surface area contributed by atoms with Crippen molar-refractivity contribution in [2.24, 2.45) is 0 Å². The van der Waals surface area contributed by atoms with Crippen LogP contribution in [0, 0.1) is 6.92 Å². The van der Waals surface area contributed by atoms with Gasteiger partial charge in [0, 0.05) is 31.9 Å². The van der Waals surface area contributed by atoms with Crippen molar-refractivity contribution in [3.63, 3.8) is 0 Å². The quantitative estimate of drug-likeness (QED) is 0.789. The molecule has 0 spiro atoms. The Morgan fingerprint density at radius 1 is 1.50 bits per heavy atom. The Balaban J connectivity index is 1.44. The number of ether oxygens (including phenoxy) is 1. The average molecular weight is 332 g/mol. The van der Waals surface area contributed by atoms with Crippen molar-refractivity contribution in [2.75, 3.05) is 43.4 Å². The topological polar surface area (TPSA) is 105 Å². The van der Waals surface area contributed by atoms with E-state index in [4.69, 9.17) is 9.26 Å². The highest BCUT2D eigenvalue weighted by Gasteiger charge is 2.22. The Hall–Kier alpha value is -2.52. The molecule has 0 saturated carbocycles. The second kappa shape index (κ2) is 7.84. The first-order valence-corrected chi connectivity index (χ1v) is 7.78. The molecule has 1 aliphatic heterocycles. The zero-order valence-corrected chi connectivity index (χ0v) is 13.4. The zero-order valence-electron chi connectivity index (χ0n) is 13.4. The summed E-state index contributed by atoms with van der Waals surface area (Å²) in [7, 11) is 0. The molecule has 9 heteroatoms. The minimum absolute atomic E-state index is 0.0129. The summed E-state index contributed by atoms with van der Waals surface area (Å²) in [6, 6.07) is 5.35. The van der Waals surface area contributed by atoms with Gasteiger partial charge < -0.3 is 14.6 Å². The highest BCUT2D eigenvalue weighted by atomic mass is 16.5. The van der Waals surface area contributed by atoms with Crippen molar-refractivity contribution < 1.29 is 14.1 Å². The molecule has 3 heterocycles. The number of rotatable bonds is 6. The van der Waals surface area contributed by atoms with E-state index < -0.39 is 0 Å². The molecule has 0 aliphatic carbocycles. The van der Waals surface area contributed by atoms with E-state index in [1.807, 2.05) is 17.0 Å². The predicted molar refractivity (Wildman–Crippen MR) is 86.6 cm³/mol. The Morgan fingerprint density at radius 3 is 3.17 bits per heavy atom. The van der Waals surface area contributed by atoms with Crippen LogP contribution in [0.25, 0.3) is 0 Å². The number of nitrogens with one attached hydrogen (secondary N) is 2. The van der Waals surface area contributed by atoms with Crippen molar-refractivity contribution in [2.45, 2.75) is 13.0 Å². The van der Waals surface area contributed by atoms with E-state index in [-0.39, 0.29) is 18.6 Å². The molecule has 1 amide bonds. The van der Waals surface area contributed by atoms with Gasteiger partial charge in [-0.25, -0.2) is 0 Å². The molecule has 1 atom stereocenters. The monoisotopic (exact) mass is 332 g/mol. The first kappa shape index (κ1) is 16.3. The highest BCUT2D eigenvalue weighted by Crippen LogP contribution is 2.10. The maximum atomic E-state index is 12.1. The molecule has 0 radical (unpaired) electrons. The molecule has 2 aromatic heterocycles. The van der Waals surface area contributed by atoms with Gasteiger partial charge in [-0.2, -0.15) is 5.10 Å². The predicted octanol–water partition coefficient (Wildman–Crippen LogP) is 0.524. The third-order valence-corrected chi connectivity index (χ3v) is 3.56. The van der Waals surface area contributed by atoms with Crippen molar-refractivity contribution >= 4 is 17.6 Å². The number of aryl methyl sites for hydroxylation is 1. The van der Waals surface area contributed by atoms with Gasteiger partial charge in [-0.1, -0.05) is 5.16 Å². The summed E-state index contributed by atoms with van der Waals surface area (Å²) in [5.74, 6) is 0.942. The van der Waals surface area contributed by atoms with Gasteiger partial charge in [0.25, 0.3) is 0 Å². The molecule has 0 unspecified atom stereocenters. The number of morpholine rings is 1. The summed E-state index contributed by atoms with van der Waals surface area (Å²) in [6.45, 7) is 4.65. The Bertz CT molecular complexity index is 662. The lowest BCUT2D eigenvalue weighted by Crippen LogP contribution is -2.47. The Labute approximate surface area is 139 Å². The summed E-state index contributed by atoms with van der Waals surface area (Å²) in [6.07, 6.45) is 1.61. The fourth-order valence-electron chi connectivity index (χ4n) is 2.46. The van der Waals surface area contributed by atoms with E-state index in [0.717, 1.165) is 5.69 Å². The van der Waals surface area contributed by atoms with Gasteiger partial charge in [-0.05, 0) is 19.1 Å². The van der Waals surface area contributed by atoms with Crippen LogP contribution < -0.4 is 10.6 Å².